The highest BCUT2D eigenvalue weighted by molar-refractivity contribution is 5.93. The lowest BCUT2D eigenvalue weighted by Gasteiger charge is -2.07. The number of primary amides is 1. The van der Waals surface area contributed by atoms with E-state index in [0.717, 1.165) is 5.69 Å². The lowest BCUT2D eigenvalue weighted by molar-refractivity contribution is -0.118. The van der Waals surface area contributed by atoms with E-state index < -0.39 is 0 Å². The Morgan fingerprint density at radius 3 is 2.89 bits per heavy atom. The van der Waals surface area contributed by atoms with E-state index >= 15 is 0 Å². The van der Waals surface area contributed by atoms with Gasteiger partial charge in [-0.2, -0.15) is 0 Å². The molecule has 0 aliphatic carbocycles. The van der Waals surface area contributed by atoms with Gasteiger partial charge >= 0.3 is 0 Å². The monoisotopic (exact) mass is 250 g/mol. The van der Waals surface area contributed by atoms with Crippen molar-refractivity contribution in [2.45, 2.75) is 19.8 Å². The highest BCUT2D eigenvalue weighted by Crippen LogP contribution is 2.08. The molecule has 0 saturated heterocycles. The van der Waals surface area contributed by atoms with Crippen molar-refractivity contribution in [1.29, 1.82) is 0 Å². The van der Waals surface area contributed by atoms with Gasteiger partial charge in [0.2, 0.25) is 5.91 Å². The molecule has 0 radical (unpaired) electrons. The van der Waals surface area contributed by atoms with E-state index in [4.69, 9.17) is 5.73 Å². The molecule has 0 atom stereocenters. The largest absolute Gasteiger partial charge is 0.385 e. The maximum absolute atomic E-state index is 11.6. The van der Waals surface area contributed by atoms with Crippen LogP contribution >= 0.6 is 0 Å². The van der Waals surface area contributed by atoms with Crippen LogP contribution in [0.2, 0.25) is 0 Å². The Balaban J connectivity index is 2.49. The minimum Gasteiger partial charge on any atom is -0.385 e. The van der Waals surface area contributed by atoms with Crippen LogP contribution in [-0.4, -0.2) is 29.9 Å². The number of carbonyl (C=O) groups excluding carboxylic acids is 2. The van der Waals surface area contributed by atoms with E-state index in [1.54, 1.807) is 18.3 Å². The molecule has 4 N–H and O–H groups in total. The van der Waals surface area contributed by atoms with Gasteiger partial charge in [-0.15, -0.1) is 0 Å². The molecule has 6 heteroatoms. The molecule has 0 bridgehead atoms. The van der Waals surface area contributed by atoms with Gasteiger partial charge in [-0.05, 0) is 25.5 Å². The van der Waals surface area contributed by atoms with Crippen molar-refractivity contribution in [1.82, 2.24) is 10.3 Å². The molecule has 1 aromatic heterocycles. The molecule has 0 aliphatic rings. The van der Waals surface area contributed by atoms with Gasteiger partial charge < -0.3 is 16.4 Å². The van der Waals surface area contributed by atoms with Gasteiger partial charge in [-0.25, -0.2) is 0 Å². The third-order valence-electron chi connectivity index (χ3n) is 2.26. The SMILES string of the molecule is CCNC(=O)c1cc(NCCCC(N)=O)ccn1. The zero-order chi connectivity index (χ0) is 13.4. The normalized spacial score (nSPS) is 9.83. The first-order valence-corrected chi connectivity index (χ1v) is 5.90. The molecule has 18 heavy (non-hydrogen) atoms. The Bertz CT molecular complexity index is 420. The highest BCUT2D eigenvalue weighted by atomic mass is 16.2. The Morgan fingerprint density at radius 1 is 1.44 bits per heavy atom. The van der Waals surface area contributed by atoms with Gasteiger partial charge in [-0.1, -0.05) is 0 Å². The standard InChI is InChI=1S/C12H18N4O2/c1-2-14-12(18)10-8-9(5-7-16-10)15-6-3-4-11(13)17/h5,7-8H,2-4,6H2,1H3,(H2,13,17)(H,14,18)(H,15,16). The summed E-state index contributed by atoms with van der Waals surface area (Å²) in [6.07, 6.45) is 2.58. The first-order chi connectivity index (χ1) is 8.63. The van der Waals surface area contributed by atoms with Crippen LogP contribution in [0.1, 0.15) is 30.3 Å². The molecule has 0 aromatic carbocycles. The molecule has 98 valence electrons. The van der Waals surface area contributed by atoms with Crippen LogP contribution in [0.3, 0.4) is 0 Å². The van der Waals surface area contributed by atoms with Crippen molar-refractivity contribution < 1.29 is 9.59 Å². The number of nitrogens with two attached hydrogens (primary N) is 1. The smallest absolute Gasteiger partial charge is 0.269 e. The molecule has 6 nitrogen and oxygen atoms in total. The number of amides is 2. The van der Waals surface area contributed by atoms with Crippen molar-refractivity contribution in [2.24, 2.45) is 5.73 Å². The molecule has 1 heterocycles. The Hall–Kier alpha value is -2.11. The predicted octanol–water partition coefficient (Wildman–Crippen LogP) is 0.509. The second kappa shape index (κ2) is 7.26. The number of pyridine rings is 1. The maximum Gasteiger partial charge on any atom is 0.269 e. The van der Waals surface area contributed by atoms with Crippen LogP contribution in [-0.2, 0) is 4.79 Å². The number of rotatable bonds is 7. The van der Waals surface area contributed by atoms with Crippen LogP contribution in [0.5, 0.6) is 0 Å². The average molecular weight is 250 g/mol. The molecule has 0 unspecified atom stereocenters. The summed E-state index contributed by atoms with van der Waals surface area (Å²) in [4.78, 5) is 26.1. The predicted molar refractivity (Wildman–Crippen MR) is 69.2 cm³/mol. The summed E-state index contributed by atoms with van der Waals surface area (Å²) in [6, 6.07) is 3.45. The van der Waals surface area contributed by atoms with E-state index in [9.17, 15) is 9.59 Å². The Kier molecular flexibility index (Phi) is 5.63. The number of aromatic nitrogens is 1. The molecule has 1 rings (SSSR count). The Labute approximate surface area is 106 Å². The Morgan fingerprint density at radius 2 is 2.22 bits per heavy atom. The minimum atomic E-state index is -0.311. The fourth-order valence-electron chi connectivity index (χ4n) is 1.41. The lowest BCUT2D eigenvalue weighted by atomic mass is 10.2. The number of nitrogens with one attached hydrogen (secondary N) is 2. The summed E-state index contributed by atoms with van der Waals surface area (Å²) < 4.78 is 0. The zero-order valence-corrected chi connectivity index (χ0v) is 10.4. The number of anilines is 1. The van der Waals surface area contributed by atoms with Gasteiger partial charge in [-0.3, -0.25) is 14.6 Å². The lowest BCUT2D eigenvalue weighted by Crippen LogP contribution is -2.23. The molecular weight excluding hydrogens is 232 g/mol. The summed E-state index contributed by atoms with van der Waals surface area (Å²) in [5, 5.41) is 5.79. The first kappa shape index (κ1) is 14.0. The fourth-order valence-corrected chi connectivity index (χ4v) is 1.41. The fraction of sp³-hybridized carbons (Fsp3) is 0.417. The van der Waals surface area contributed by atoms with Crippen LogP contribution in [0.4, 0.5) is 5.69 Å². The number of hydrogen-bond acceptors (Lipinski definition) is 4. The van der Waals surface area contributed by atoms with Gasteiger partial charge in [0, 0.05) is 31.4 Å². The number of hydrogen-bond donors (Lipinski definition) is 3. The van der Waals surface area contributed by atoms with E-state index in [0.29, 0.717) is 31.6 Å². The van der Waals surface area contributed by atoms with Gasteiger partial charge in [0.1, 0.15) is 5.69 Å². The van der Waals surface area contributed by atoms with Gasteiger partial charge in [0.15, 0.2) is 0 Å². The molecule has 0 spiro atoms. The van der Waals surface area contributed by atoms with Crippen molar-refractivity contribution in [3.05, 3.63) is 24.0 Å². The van der Waals surface area contributed by atoms with Crippen molar-refractivity contribution in [2.75, 3.05) is 18.4 Å². The zero-order valence-electron chi connectivity index (χ0n) is 10.4. The summed E-state index contributed by atoms with van der Waals surface area (Å²) in [5.41, 5.74) is 6.21. The van der Waals surface area contributed by atoms with E-state index in [1.165, 1.54) is 0 Å². The number of nitrogens with zero attached hydrogens (tertiary/aromatic N) is 1. The van der Waals surface area contributed by atoms with Crippen molar-refractivity contribution >= 4 is 17.5 Å². The van der Waals surface area contributed by atoms with Crippen molar-refractivity contribution in [3.63, 3.8) is 0 Å². The molecule has 1 aromatic rings. The summed E-state index contributed by atoms with van der Waals surface area (Å²) in [6.45, 7) is 3.04. The maximum atomic E-state index is 11.6. The van der Waals surface area contributed by atoms with Crippen LogP contribution in [0.25, 0.3) is 0 Å². The quantitative estimate of drug-likeness (QED) is 0.614. The van der Waals surface area contributed by atoms with E-state index in [2.05, 4.69) is 15.6 Å². The van der Waals surface area contributed by atoms with Crippen LogP contribution in [0, 0.1) is 0 Å². The average Bonchev–Trinajstić information content (AvgIpc) is 2.35. The van der Waals surface area contributed by atoms with E-state index in [1.807, 2.05) is 6.92 Å². The molecular formula is C12H18N4O2. The molecule has 0 aliphatic heterocycles. The van der Waals surface area contributed by atoms with Crippen LogP contribution in [0.15, 0.2) is 18.3 Å². The summed E-state index contributed by atoms with van der Waals surface area (Å²) in [7, 11) is 0. The molecule has 0 saturated carbocycles. The third kappa shape index (κ3) is 4.82. The second-order valence-electron chi connectivity index (χ2n) is 3.79. The molecule has 0 fully saturated rings. The van der Waals surface area contributed by atoms with E-state index in [-0.39, 0.29) is 11.8 Å². The first-order valence-electron chi connectivity index (χ1n) is 5.90. The number of carbonyl (C=O) groups is 2. The summed E-state index contributed by atoms with van der Waals surface area (Å²) >= 11 is 0. The second-order valence-corrected chi connectivity index (χ2v) is 3.79. The summed E-state index contributed by atoms with van der Waals surface area (Å²) in [5.74, 6) is -0.507. The minimum absolute atomic E-state index is 0.196. The van der Waals surface area contributed by atoms with Crippen molar-refractivity contribution in [3.8, 4) is 0 Å². The molecule has 2 amide bonds. The topological polar surface area (TPSA) is 97.1 Å². The highest BCUT2D eigenvalue weighted by Gasteiger charge is 2.06. The van der Waals surface area contributed by atoms with Crippen LogP contribution < -0.4 is 16.4 Å². The van der Waals surface area contributed by atoms with Gasteiger partial charge in [0.25, 0.3) is 5.91 Å². The van der Waals surface area contributed by atoms with Gasteiger partial charge in [0.05, 0.1) is 0 Å². The third-order valence-corrected chi connectivity index (χ3v) is 2.26.